The van der Waals surface area contributed by atoms with Crippen molar-refractivity contribution in [2.24, 2.45) is 0 Å². The van der Waals surface area contributed by atoms with E-state index in [4.69, 9.17) is 4.74 Å². The van der Waals surface area contributed by atoms with E-state index in [1.54, 1.807) is 24.3 Å². The van der Waals surface area contributed by atoms with Crippen LogP contribution in [0.1, 0.15) is 11.1 Å². The third kappa shape index (κ3) is 3.51. The summed E-state index contributed by atoms with van der Waals surface area (Å²) >= 11 is 0. The molecule has 0 radical (unpaired) electrons. The van der Waals surface area contributed by atoms with E-state index in [2.05, 4.69) is 6.58 Å². The topological polar surface area (TPSA) is 63.6 Å². The van der Waals surface area contributed by atoms with Crippen LogP contribution in [0, 0.1) is 6.92 Å². The first-order valence-corrected chi connectivity index (χ1v) is 7.81. The summed E-state index contributed by atoms with van der Waals surface area (Å²) in [6, 6.07) is 12.0. The van der Waals surface area contributed by atoms with Crippen molar-refractivity contribution in [2.45, 2.75) is 18.2 Å². The zero-order valence-corrected chi connectivity index (χ0v) is 12.4. The van der Waals surface area contributed by atoms with Crippen molar-refractivity contribution < 1.29 is 17.7 Å². The van der Waals surface area contributed by atoms with E-state index in [0.29, 0.717) is 17.1 Å². The monoisotopic (exact) mass is 304 g/mol. The molecule has 0 aliphatic carbocycles. The molecule has 2 aromatic carbocycles. The van der Waals surface area contributed by atoms with Crippen LogP contribution in [0.4, 0.5) is 0 Å². The van der Waals surface area contributed by atoms with Crippen LogP contribution >= 0.6 is 0 Å². The minimum Gasteiger partial charge on any atom is -0.457 e. The van der Waals surface area contributed by atoms with Gasteiger partial charge in [-0.25, -0.2) is 0 Å². The van der Waals surface area contributed by atoms with Crippen molar-refractivity contribution in [1.29, 1.82) is 0 Å². The first-order chi connectivity index (χ1) is 9.93. The van der Waals surface area contributed by atoms with Crippen LogP contribution in [0.25, 0.3) is 0 Å². The summed E-state index contributed by atoms with van der Waals surface area (Å²) in [7, 11) is -4.31. The molecule has 5 heteroatoms. The molecule has 2 rings (SSSR count). The first kappa shape index (κ1) is 15.3. The van der Waals surface area contributed by atoms with Crippen LogP contribution in [-0.4, -0.2) is 13.0 Å². The van der Waals surface area contributed by atoms with Crippen LogP contribution < -0.4 is 4.74 Å². The van der Waals surface area contributed by atoms with Gasteiger partial charge < -0.3 is 4.74 Å². The molecule has 0 spiro atoms. The number of para-hydroxylation sites is 1. The molecule has 21 heavy (non-hydrogen) atoms. The molecule has 1 N–H and O–H groups in total. The maximum Gasteiger partial charge on any atom is 0.294 e. The van der Waals surface area contributed by atoms with Crippen molar-refractivity contribution in [3.8, 4) is 11.5 Å². The van der Waals surface area contributed by atoms with Crippen LogP contribution in [0.5, 0.6) is 11.5 Å². The van der Waals surface area contributed by atoms with Gasteiger partial charge in [-0.2, -0.15) is 8.42 Å². The Labute approximate surface area is 124 Å². The lowest BCUT2D eigenvalue weighted by molar-refractivity contribution is 0.463. The van der Waals surface area contributed by atoms with Crippen LogP contribution in [-0.2, 0) is 16.5 Å². The van der Waals surface area contributed by atoms with Crippen molar-refractivity contribution in [3.05, 3.63) is 66.2 Å². The predicted octanol–water partition coefficient (Wildman–Crippen LogP) is 3.76. The highest BCUT2D eigenvalue weighted by atomic mass is 32.2. The fourth-order valence-electron chi connectivity index (χ4n) is 2.05. The third-order valence-electron chi connectivity index (χ3n) is 3.00. The van der Waals surface area contributed by atoms with Gasteiger partial charge in [-0.05, 0) is 37.1 Å². The number of allylic oxidation sites excluding steroid dienone is 1. The van der Waals surface area contributed by atoms with Crippen molar-refractivity contribution in [1.82, 2.24) is 0 Å². The van der Waals surface area contributed by atoms with Gasteiger partial charge in [0.2, 0.25) is 0 Å². The van der Waals surface area contributed by atoms with Crippen LogP contribution in [0.2, 0.25) is 0 Å². The minimum absolute atomic E-state index is 0.154. The highest BCUT2D eigenvalue weighted by Crippen LogP contribution is 2.34. The predicted molar refractivity (Wildman–Crippen MR) is 81.4 cm³/mol. The molecule has 0 fully saturated rings. The molecular weight excluding hydrogens is 288 g/mol. The number of hydrogen-bond acceptors (Lipinski definition) is 3. The Morgan fingerprint density at radius 2 is 1.86 bits per heavy atom. The van der Waals surface area contributed by atoms with E-state index in [1.807, 2.05) is 25.1 Å². The van der Waals surface area contributed by atoms with E-state index in [9.17, 15) is 13.0 Å². The summed E-state index contributed by atoms with van der Waals surface area (Å²) in [6.07, 6.45) is 1.85. The van der Waals surface area contributed by atoms with E-state index in [-0.39, 0.29) is 11.3 Å². The molecule has 0 bridgehead atoms. The van der Waals surface area contributed by atoms with Crippen molar-refractivity contribution in [2.75, 3.05) is 0 Å². The van der Waals surface area contributed by atoms with Gasteiger partial charge in [0.1, 0.15) is 16.4 Å². The fourth-order valence-corrected chi connectivity index (χ4v) is 2.78. The summed E-state index contributed by atoms with van der Waals surface area (Å²) in [5.41, 5.74) is 1.18. The van der Waals surface area contributed by atoms with Crippen LogP contribution in [0.3, 0.4) is 0 Å². The summed E-state index contributed by atoms with van der Waals surface area (Å²) in [5.74, 6) is 1.02. The van der Waals surface area contributed by atoms with Gasteiger partial charge in [-0.1, -0.05) is 30.3 Å². The lowest BCUT2D eigenvalue weighted by atomic mass is 10.1. The lowest BCUT2D eigenvalue weighted by Crippen LogP contribution is -2.05. The maximum atomic E-state index is 11.5. The molecule has 0 aromatic heterocycles. The summed E-state index contributed by atoms with van der Waals surface area (Å²) in [4.78, 5) is -0.154. The number of hydrogen-bond donors (Lipinski definition) is 1. The van der Waals surface area contributed by atoms with Crippen LogP contribution in [0.15, 0.2) is 60.0 Å². The molecule has 110 valence electrons. The molecule has 0 heterocycles. The second-order valence-electron chi connectivity index (χ2n) is 4.57. The van der Waals surface area contributed by atoms with Gasteiger partial charge in [0.25, 0.3) is 10.1 Å². The molecule has 0 saturated carbocycles. The molecule has 0 saturated heterocycles. The second kappa shape index (κ2) is 6.11. The molecule has 0 aliphatic rings. The van der Waals surface area contributed by atoms with E-state index < -0.39 is 10.1 Å². The summed E-state index contributed by atoms with van der Waals surface area (Å²) < 4.78 is 38.2. The lowest BCUT2D eigenvalue weighted by Gasteiger charge is -2.15. The zero-order valence-electron chi connectivity index (χ0n) is 11.6. The molecule has 0 atom stereocenters. The van der Waals surface area contributed by atoms with Crippen molar-refractivity contribution >= 4 is 10.1 Å². The van der Waals surface area contributed by atoms with E-state index in [0.717, 1.165) is 5.56 Å². The normalized spacial score (nSPS) is 11.1. The van der Waals surface area contributed by atoms with E-state index in [1.165, 1.54) is 6.07 Å². The molecular formula is C16H16O4S. The Morgan fingerprint density at radius 3 is 2.43 bits per heavy atom. The zero-order chi connectivity index (χ0) is 15.5. The van der Waals surface area contributed by atoms with Gasteiger partial charge in [0, 0.05) is 5.56 Å². The molecule has 0 aliphatic heterocycles. The largest absolute Gasteiger partial charge is 0.457 e. The number of benzene rings is 2. The van der Waals surface area contributed by atoms with Gasteiger partial charge >= 0.3 is 0 Å². The summed E-state index contributed by atoms with van der Waals surface area (Å²) in [6.45, 7) is 5.44. The fraction of sp³-hybridized carbons (Fsp3) is 0.125. The van der Waals surface area contributed by atoms with Gasteiger partial charge in [0.15, 0.2) is 0 Å². The van der Waals surface area contributed by atoms with E-state index >= 15 is 0 Å². The Hall–Kier alpha value is -2.11. The number of aryl methyl sites for hydroxylation is 1. The standard InChI is InChI=1S/C16H16O4S/c1-3-7-14-15(21(17,18)19)11-10-12(2)16(14)20-13-8-5-4-6-9-13/h3-6,8-11H,1,7H2,2H3,(H,17,18,19). The number of ether oxygens (including phenoxy) is 1. The molecule has 4 nitrogen and oxygen atoms in total. The van der Waals surface area contributed by atoms with Gasteiger partial charge in [-0.15, -0.1) is 6.58 Å². The molecule has 0 amide bonds. The first-order valence-electron chi connectivity index (χ1n) is 6.37. The van der Waals surface area contributed by atoms with Gasteiger partial charge in [0.05, 0.1) is 0 Å². The Bertz CT molecular complexity index is 749. The third-order valence-corrected chi connectivity index (χ3v) is 3.94. The average molecular weight is 304 g/mol. The minimum atomic E-state index is -4.31. The van der Waals surface area contributed by atoms with Gasteiger partial charge in [-0.3, -0.25) is 4.55 Å². The maximum absolute atomic E-state index is 11.5. The SMILES string of the molecule is C=CCc1c(S(=O)(=O)O)ccc(C)c1Oc1ccccc1. The Balaban J connectivity index is 2.60. The Morgan fingerprint density at radius 1 is 1.19 bits per heavy atom. The quantitative estimate of drug-likeness (QED) is 0.674. The van der Waals surface area contributed by atoms with Crippen molar-refractivity contribution in [3.63, 3.8) is 0 Å². The number of rotatable bonds is 5. The molecule has 2 aromatic rings. The Kier molecular flexibility index (Phi) is 4.45. The highest BCUT2D eigenvalue weighted by molar-refractivity contribution is 7.85. The summed E-state index contributed by atoms with van der Waals surface area (Å²) in [5, 5.41) is 0. The molecule has 0 unspecified atom stereocenters. The average Bonchev–Trinajstić information content (AvgIpc) is 2.43. The smallest absolute Gasteiger partial charge is 0.294 e. The second-order valence-corrected chi connectivity index (χ2v) is 5.96. The highest BCUT2D eigenvalue weighted by Gasteiger charge is 2.20.